The number of ketones is 3. The van der Waals surface area contributed by atoms with E-state index in [4.69, 9.17) is 68.5 Å². The normalized spacial score (nSPS) is 20.6. The van der Waals surface area contributed by atoms with E-state index in [1.54, 1.807) is 55.4 Å². The SMILES string of the molecule is CC#CC#CC#CC.CC(C)(C)OC(=O)N[C@@H](CC1(F)CCCC1)C(=O)CC1(C(=O)C(N)=O)CC(F)(F)C1.CC(C)(C)OC(=O)N[C@@H](CC1(F)CCCC1)C(=O)CC1(C(O)C(N)=O)CC(F)(F)C1.NC(=O)C(O)C1(N)CC(F)(F)C1.[B][B]B([B])B([B])[B]. The van der Waals surface area contributed by atoms with Crippen molar-refractivity contribution in [3.63, 3.8) is 0 Å². The third-order valence-corrected chi connectivity index (χ3v) is 14.4. The number of Topliss-reactive ketones (excluding diaryl/α,β-unsaturated/α-hetero) is 3. The molecular formula is C54H76B7F8N6O12. The fourth-order valence-electron chi connectivity index (χ4n) is 10.4. The molecule has 9 radical (unpaired) electrons. The zero-order valence-electron chi connectivity index (χ0n) is 50.4. The van der Waals surface area contributed by atoms with Gasteiger partial charge in [-0.1, -0.05) is 37.5 Å². The summed E-state index contributed by atoms with van der Waals surface area (Å²) in [5.74, 6) is -0.204. The van der Waals surface area contributed by atoms with Crippen LogP contribution in [0, 0.1) is 46.4 Å². The first-order chi connectivity index (χ1) is 39.5. The summed E-state index contributed by atoms with van der Waals surface area (Å²) in [5.41, 5.74) is 9.75. The third-order valence-electron chi connectivity index (χ3n) is 14.4. The number of halogens is 8. The largest absolute Gasteiger partial charge is 0.444 e. The number of primary amides is 3. The first-order valence-electron chi connectivity index (χ1n) is 27.8. The smallest absolute Gasteiger partial charge is 0.408 e. The number of alkyl halides is 8. The van der Waals surface area contributed by atoms with Crippen LogP contribution in [0.1, 0.15) is 171 Å². The highest BCUT2D eigenvalue weighted by molar-refractivity contribution is 7.81. The maximum absolute atomic E-state index is 15.1. The lowest BCUT2D eigenvalue weighted by atomic mass is 8.76. The van der Waals surface area contributed by atoms with Crippen LogP contribution < -0.4 is 33.6 Å². The number of ether oxygens (including phenoxy) is 2. The van der Waals surface area contributed by atoms with E-state index in [0.29, 0.717) is 25.7 Å². The van der Waals surface area contributed by atoms with Crippen LogP contribution in [0.5, 0.6) is 0 Å². The van der Waals surface area contributed by atoms with Gasteiger partial charge in [0.1, 0.15) is 28.6 Å². The van der Waals surface area contributed by atoms with Crippen molar-refractivity contribution in [1.29, 1.82) is 0 Å². The Hall–Kier alpha value is -5.59. The van der Waals surface area contributed by atoms with Crippen molar-refractivity contribution in [2.24, 2.45) is 33.8 Å². The van der Waals surface area contributed by atoms with Crippen molar-refractivity contribution >= 4 is 98.0 Å². The number of amides is 5. The molecule has 5 fully saturated rings. The van der Waals surface area contributed by atoms with Gasteiger partial charge in [0.05, 0.1) is 23.0 Å². The second kappa shape index (κ2) is 32.2. The second-order valence-electron chi connectivity index (χ2n) is 25.0. The van der Waals surface area contributed by atoms with Crippen molar-refractivity contribution in [3.8, 4) is 35.5 Å². The molecule has 18 nitrogen and oxygen atoms in total. The van der Waals surface area contributed by atoms with Gasteiger partial charge in [-0.2, -0.15) is 0 Å². The first kappa shape index (κ1) is 79.4. The summed E-state index contributed by atoms with van der Waals surface area (Å²) in [6.07, 6.45) is -10.3. The van der Waals surface area contributed by atoms with Gasteiger partial charge in [0, 0.05) is 120 Å². The predicted molar refractivity (Wildman–Crippen MR) is 313 cm³/mol. The van der Waals surface area contributed by atoms with E-state index in [2.05, 4.69) is 46.2 Å². The molecule has 0 aromatic carbocycles. The van der Waals surface area contributed by atoms with Crippen LogP contribution in [0.15, 0.2) is 0 Å². The van der Waals surface area contributed by atoms with E-state index in [1.807, 2.05) is 0 Å². The Morgan fingerprint density at radius 2 is 0.931 bits per heavy atom. The summed E-state index contributed by atoms with van der Waals surface area (Å²) in [6.45, 7) is 13.2. The maximum Gasteiger partial charge on any atom is 0.408 e. The Morgan fingerprint density at radius 1 is 0.586 bits per heavy atom. The summed E-state index contributed by atoms with van der Waals surface area (Å²) in [7, 11) is 21.6. The highest BCUT2D eigenvalue weighted by Gasteiger charge is 2.64. The van der Waals surface area contributed by atoms with Crippen molar-refractivity contribution in [2.45, 2.75) is 241 Å². The average Bonchev–Trinajstić information content (AvgIpc) is 1.31. The minimum atomic E-state index is -3.20. The lowest BCUT2D eigenvalue weighted by molar-refractivity contribution is -0.203. The topological polar surface area (TPSA) is 324 Å². The molecular weight excluding hydrogens is 1150 g/mol. The zero-order valence-corrected chi connectivity index (χ0v) is 50.4. The molecule has 5 rings (SSSR count). The predicted octanol–water partition coefficient (Wildman–Crippen LogP) is 3.08. The van der Waals surface area contributed by atoms with Crippen molar-refractivity contribution in [2.75, 3.05) is 0 Å². The van der Waals surface area contributed by atoms with Gasteiger partial charge in [0.15, 0.2) is 17.7 Å². The van der Waals surface area contributed by atoms with E-state index in [0.717, 1.165) is 0 Å². The molecule has 2 unspecified atom stereocenters. The molecule has 5 aliphatic rings. The summed E-state index contributed by atoms with van der Waals surface area (Å²) >= 11 is 0. The number of aliphatic hydroxyl groups excluding tert-OH is 2. The van der Waals surface area contributed by atoms with Crippen molar-refractivity contribution in [3.05, 3.63) is 0 Å². The van der Waals surface area contributed by atoms with Crippen LogP contribution in [0.25, 0.3) is 0 Å². The molecule has 0 saturated heterocycles. The molecule has 0 heterocycles. The van der Waals surface area contributed by atoms with Crippen LogP contribution in [-0.2, 0) is 38.2 Å². The van der Waals surface area contributed by atoms with Crippen molar-refractivity contribution < 1.29 is 93.2 Å². The van der Waals surface area contributed by atoms with Gasteiger partial charge < -0.3 is 53.3 Å². The fraction of sp³-hybridized carbons (Fsp3) is 0.741. The molecule has 0 aromatic heterocycles. The molecule has 5 amide bonds. The van der Waals surface area contributed by atoms with E-state index < -0.39 is 186 Å². The number of hydrogen-bond acceptors (Lipinski definition) is 13. The first-order valence-corrected chi connectivity index (χ1v) is 27.8. The molecule has 87 heavy (non-hydrogen) atoms. The third kappa shape index (κ3) is 27.0. The summed E-state index contributed by atoms with van der Waals surface area (Å²) < 4.78 is 119. The van der Waals surface area contributed by atoms with Crippen LogP contribution in [0.4, 0.5) is 44.7 Å². The zero-order chi connectivity index (χ0) is 67.6. The molecule has 5 saturated carbocycles. The van der Waals surface area contributed by atoms with Crippen molar-refractivity contribution in [1.82, 2.24) is 10.6 Å². The number of nitrogens with one attached hydrogen (secondary N) is 2. The van der Waals surface area contributed by atoms with E-state index in [9.17, 15) is 69.8 Å². The Bertz CT molecular complexity index is 2600. The number of carbonyl (C=O) groups is 8. The Labute approximate surface area is 510 Å². The number of nitrogens with two attached hydrogens (primary N) is 4. The number of hydrogen-bond donors (Lipinski definition) is 8. The molecule has 4 atom stereocenters. The average molecular weight is 1230 g/mol. The molecule has 0 bridgehead atoms. The minimum absolute atomic E-state index is 0.205. The number of rotatable bonds is 20. The number of carbonyl (C=O) groups excluding carboxylic acids is 8. The summed E-state index contributed by atoms with van der Waals surface area (Å²) in [6, 6.07) is -2.72. The molecule has 0 spiro atoms. The van der Waals surface area contributed by atoms with Gasteiger partial charge in [0.2, 0.25) is 29.4 Å². The monoisotopic (exact) mass is 1230 g/mol. The number of alkyl carbamates (subject to hydrolysis) is 2. The molecule has 0 aliphatic heterocycles. The van der Waals surface area contributed by atoms with E-state index in [-0.39, 0.29) is 44.9 Å². The Morgan fingerprint density at radius 3 is 1.20 bits per heavy atom. The molecule has 33 heteroatoms. The van der Waals surface area contributed by atoms with E-state index >= 15 is 8.78 Å². The van der Waals surface area contributed by atoms with Crippen LogP contribution in [0.3, 0.4) is 0 Å². The van der Waals surface area contributed by atoms with E-state index in [1.165, 1.54) is 7.06 Å². The lowest BCUT2D eigenvalue weighted by Crippen LogP contribution is -2.67. The molecule has 5 aliphatic carbocycles. The Balaban J connectivity index is 0.000000614. The summed E-state index contributed by atoms with van der Waals surface area (Å²) in [5, 5.41) is 23.8. The maximum atomic E-state index is 15.1. The fourth-order valence-corrected chi connectivity index (χ4v) is 10.4. The van der Waals surface area contributed by atoms with Gasteiger partial charge >= 0.3 is 12.2 Å². The number of aliphatic hydroxyl groups is 2. The van der Waals surface area contributed by atoms with Gasteiger partial charge in [0.25, 0.3) is 11.8 Å². The standard InChI is InChI=1S/C20H31F3N2O5.C20H29F3N2O5.C8H6.C6H10F2N2O2.B7/c2*1-17(2,3)30-16(29)25-12(8-19(21)6-4-5-7-19)13(26)9-18(14(27)15(24)28)10-20(22,23)11-18;1-3-5-7-8-6-4-2;7-6(8)1-5(10,2-6)3(11)4(9)12;1-5-7(4)6(2)3/h12,14,27H,4-11H2,1-3H3,(H2,24,28)(H,25,29);12H,4-11H2,1-3H3,(H2,24,28)(H,25,29);1-2H3;3,11H,1-2,10H2,(H2,9,12);/t12-,14?;12-;;;/m00.../s1. The summed E-state index contributed by atoms with van der Waals surface area (Å²) in [4.78, 5) is 95.6. The lowest BCUT2D eigenvalue weighted by Gasteiger charge is -2.49. The van der Waals surface area contributed by atoms with Crippen LogP contribution in [0.2, 0.25) is 0 Å². The molecule has 12 N–H and O–H groups in total. The molecule has 0 aromatic rings. The van der Waals surface area contributed by atoms with Gasteiger partial charge in [-0.25, -0.2) is 44.7 Å². The molecule has 471 valence electrons. The van der Waals surface area contributed by atoms with Gasteiger partial charge in [-0.05, 0) is 105 Å². The second-order valence-corrected chi connectivity index (χ2v) is 25.0. The van der Waals surface area contributed by atoms with Crippen LogP contribution >= 0.6 is 0 Å². The highest BCUT2D eigenvalue weighted by Crippen LogP contribution is 2.57. The van der Waals surface area contributed by atoms with Gasteiger partial charge in [-0.3, -0.25) is 28.8 Å². The highest BCUT2D eigenvalue weighted by atomic mass is 19.3. The Kier molecular flexibility index (Phi) is 29.4. The quantitative estimate of drug-likeness (QED) is 0.0377. The minimum Gasteiger partial charge on any atom is -0.444 e. The van der Waals surface area contributed by atoms with Crippen LogP contribution in [-0.4, -0.2) is 178 Å². The van der Waals surface area contributed by atoms with Gasteiger partial charge in [-0.15, -0.1) is 0 Å².